The Hall–Kier alpha value is -2.93. The number of carboxylic acid groups (broad SMARTS) is 1. The lowest BCUT2D eigenvalue weighted by molar-refractivity contribution is -0.146. The first-order chi connectivity index (χ1) is 14.2. The first kappa shape index (κ1) is 21.8. The van der Waals surface area contributed by atoms with E-state index in [0.717, 1.165) is 10.4 Å². The van der Waals surface area contributed by atoms with Crippen LogP contribution in [0.15, 0.2) is 36.4 Å². The second-order valence-corrected chi connectivity index (χ2v) is 9.09. The van der Waals surface area contributed by atoms with Gasteiger partial charge in [-0.3, -0.25) is 14.4 Å². The van der Waals surface area contributed by atoms with Gasteiger partial charge in [0, 0.05) is 10.4 Å². The molecule has 0 aliphatic heterocycles. The molecule has 1 aliphatic carbocycles. The molecule has 2 atom stereocenters. The smallest absolute Gasteiger partial charge is 0.307 e. The van der Waals surface area contributed by atoms with Crippen molar-refractivity contribution in [3.8, 4) is 11.1 Å². The summed E-state index contributed by atoms with van der Waals surface area (Å²) >= 11 is 1.28. The lowest BCUT2D eigenvalue weighted by atomic mass is 9.82. The van der Waals surface area contributed by atoms with E-state index in [-0.39, 0.29) is 5.56 Å². The van der Waals surface area contributed by atoms with E-state index in [2.05, 4.69) is 19.2 Å². The monoisotopic (exact) mass is 426 g/mol. The van der Waals surface area contributed by atoms with E-state index in [1.807, 2.05) is 37.3 Å². The summed E-state index contributed by atoms with van der Waals surface area (Å²) in [6.07, 6.45) is 4.27. The molecule has 0 saturated heterocycles. The SMILES string of the molecule is Cc1sc(NC(=O)[C@H]2CC=CC[C@H]2C(=O)O)c(C(N)=O)c1-c1ccc(C(C)C)cc1. The number of rotatable bonds is 6. The number of aryl methyl sites for hydroxylation is 1. The second-order valence-electron chi connectivity index (χ2n) is 7.86. The van der Waals surface area contributed by atoms with Crippen molar-refractivity contribution in [2.24, 2.45) is 17.6 Å². The lowest BCUT2D eigenvalue weighted by Gasteiger charge is -2.24. The van der Waals surface area contributed by atoms with Gasteiger partial charge in [0.15, 0.2) is 0 Å². The maximum Gasteiger partial charge on any atom is 0.307 e. The van der Waals surface area contributed by atoms with Crippen LogP contribution in [0.1, 0.15) is 53.4 Å². The average Bonchev–Trinajstić information content (AvgIpc) is 3.03. The van der Waals surface area contributed by atoms with Crippen LogP contribution in [0, 0.1) is 18.8 Å². The fraction of sp³-hybridized carbons (Fsp3) is 0.348. The van der Waals surface area contributed by atoms with Gasteiger partial charge in [-0.2, -0.15) is 0 Å². The number of hydrogen-bond donors (Lipinski definition) is 3. The summed E-state index contributed by atoms with van der Waals surface area (Å²) in [7, 11) is 0. The summed E-state index contributed by atoms with van der Waals surface area (Å²) in [4.78, 5) is 37.6. The number of primary amides is 1. The molecular weight excluding hydrogens is 400 g/mol. The molecule has 0 radical (unpaired) electrons. The first-order valence-electron chi connectivity index (χ1n) is 9.92. The highest BCUT2D eigenvalue weighted by Gasteiger charge is 2.35. The summed E-state index contributed by atoms with van der Waals surface area (Å²) in [6.45, 7) is 6.10. The standard InChI is InChI=1S/C23H26N2O4S/c1-12(2)14-8-10-15(11-9-14)18-13(3)30-22(19(18)20(24)26)25-21(27)16-6-4-5-7-17(16)23(28)29/h4-5,8-12,16-17H,6-7H2,1-3H3,(H2,24,26)(H,25,27)(H,28,29)/t16-,17+/m0/s1. The second kappa shape index (κ2) is 8.83. The molecule has 158 valence electrons. The molecule has 6 nitrogen and oxygen atoms in total. The van der Waals surface area contributed by atoms with Crippen molar-refractivity contribution in [3.05, 3.63) is 52.4 Å². The molecule has 0 saturated carbocycles. The third-order valence-electron chi connectivity index (χ3n) is 5.52. The van der Waals surface area contributed by atoms with E-state index < -0.39 is 29.6 Å². The van der Waals surface area contributed by atoms with Gasteiger partial charge < -0.3 is 16.2 Å². The van der Waals surface area contributed by atoms with Gasteiger partial charge in [-0.05, 0) is 36.8 Å². The largest absolute Gasteiger partial charge is 0.481 e. The Morgan fingerprint density at radius 3 is 2.23 bits per heavy atom. The molecule has 0 unspecified atom stereocenters. The van der Waals surface area contributed by atoms with Crippen molar-refractivity contribution >= 4 is 34.1 Å². The minimum atomic E-state index is -0.997. The fourth-order valence-corrected chi connectivity index (χ4v) is 4.92. The number of amides is 2. The number of hydrogen-bond acceptors (Lipinski definition) is 4. The number of nitrogens with one attached hydrogen (secondary N) is 1. The average molecular weight is 427 g/mol. The van der Waals surface area contributed by atoms with Crippen LogP contribution in [-0.4, -0.2) is 22.9 Å². The highest BCUT2D eigenvalue weighted by atomic mass is 32.1. The quantitative estimate of drug-likeness (QED) is 0.589. The topological polar surface area (TPSA) is 109 Å². The minimum Gasteiger partial charge on any atom is -0.481 e. The Morgan fingerprint density at radius 2 is 1.70 bits per heavy atom. The van der Waals surface area contributed by atoms with Gasteiger partial charge in [0.1, 0.15) is 5.00 Å². The molecule has 7 heteroatoms. The van der Waals surface area contributed by atoms with Crippen molar-refractivity contribution in [1.29, 1.82) is 0 Å². The Balaban J connectivity index is 1.95. The summed E-state index contributed by atoms with van der Waals surface area (Å²) in [5.74, 6) is -3.11. The molecule has 0 fully saturated rings. The number of carbonyl (C=O) groups is 3. The van der Waals surface area contributed by atoms with Crippen molar-refractivity contribution in [1.82, 2.24) is 0 Å². The summed E-state index contributed by atoms with van der Waals surface area (Å²) in [6, 6.07) is 7.95. The minimum absolute atomic E-state index is 0.265. The molecule has 2 aromatic rings. The van der Waals surface area contributed by atoms with Gasteiger partial charge in [0.05, 0.1) is 17.4 Å². The molecule has 1 heterocycles. The van der Waals surface area contributed by atoms with Crippen LogP contribution < -0.4 is 11.1 Å². The van der Waals surface area contributed by atoms with Crippen LogP contribution in [-0.2, 0) is 9.59 Å². The normalized spacial score (nSPS) is 18.4. The molecule has 3 rings (SSSR count). The Kier molecular flexibility index (Phi) is 6.41. The van der Waals surface area contributed by atoms with E-state index in [1.54, 1.807) is 6.08 Å². The molecule has 0 bridgehead atoms. The summed E-state index contributed by atoms with van der Waals surface area (Å²) < 4.78 is 0. The summed E-state index contributed by atoms with van der Waals surface area (Å²) in [5.41, 5.74) is 8.69. The van der Waals surface area contributed by atoms with Gasteiger partial charge in [0.25, 0.3) is 5.91 Å². The van der Waals surface area contributed by atoms with Crippen molar-refractivity contribution in [2.45, 2.75) is 39.5 Å². The molecule has 30 heavy (non-hydrogen) atoms. The Labute approximate surface area is 179 Å². The maximum absolute atomic E-state index is 12.9. The first-order valence-corrected chi connectivity index (χ1v) is 10.7. The third kappa shape index (κ3) is 4.31. The molecule has 2 amide bonds. The van der Waals surface area contributed by atoms with E-state index in [4.69, 9.17) is 5.73 Å². The number of nitrogens with two attached hydrogens (primary N) is 1. The van der Waals surface area contributed by atoms with E-state index in [0.29, 0.717) is 29.3 Å². The van der Waals surface area contributed by atoms with Crippen molar-refractivity contribution in [3.63, 3.8) is 0 Å². The molecule has 1 aliphatic rings. The molecule has 1 aromatic carbocycles. The fourth-order valence-electron chi connectivity index (χ4n) is 3.83. The van der Waals surface area contributed by atoms with Crippen LogP contribution >= 0.6 is 11.3 Å². The predicted molar refractivity (Wildman–Crippen MR) is 119 cm³/mol. The number of anilines is 1. The van der Waals surface area contributed by atoms with Crippen LogP contribution in [0.4, 0.5) is 5.00 Å². The van der Waals surface area contributed by atoms with Gasteiger partial charge in [-0.15, -0.1) is 11.3 Å². The molecular formula is C23H26N2O4S. The number of allylic oxidation sites excluding steroid dienone is 2. The lowest BCUT2D eigenvalue weighted by Crippen LogP contribution is -2.35. The number of carboxylic acids is 1. The van der Waals surface area contributed by atoms with Crippen molar-refractivity contribution < 1.29 is 19.5 Å². The van der Waals surface area contributed by atoms with Gasteiger partial charge >= 0.3 is 5.97 Å². The van der Waals surface area contributed by atoms with Crippen LogP contribution in [0.3, 0.4) is 0 Å². The predicted octanol–water partition coefficient (Wildman–Crippen LogP) is 4.55. The number of benzene rings is 1. The highest BCUT2D eigenvalue weighted by molar-refractivity contribution is 7.17. The number of thiophene rings is 1. The zero-order valence-corrected chi connectivity index (χ0v) is 18.1. The maximum atomic E-state index is 12.9. The zero-order chi connectivity index (χ0) is 22.0. The zero-order valence-electron chi connectivity index (χ0n) is 17.3. The Morgan fingerprint density at radius 1 is 1.10 bits per heavy atom. The van der Waals surface area contributed by atoms with Gasteiger partial charge in [-0.25, -0.2) is 0 Å². The van der Waals surface area contributed by atoms with Gasteiger partial charge in [0.2, 0.25) is 5.91 Å². The van der Waals surface area contributed by atoms with E-state index in [9.17, 15) is 19.5 Å². The van der Waals surface area contributed by atoms with Crippen LogP contribution in [0.5, 0.6) is 0 Å². The van der Waals surface area contributed by atoms with Gasteiger partial charge in [-0.1, -0.05) is 50.3 Å². The molecule has 4 N–H and O–H groups in total. The highest BCUT2D eigenvalue weighted by Crippen LogP contribution is 2.40. The van der Waals surface area contributed by atoms with Crippen LogP contribution in [0.25, 0.3) is 11.1 Å². The van der Waals surface area contributed by atoms with E-state index >= 15 is 0 Å². The molecule has 1 aromatic heterocycles. The van der Waals surface area contributed by atoms with Crippen molar-refractivity contribution in [2.75, 3.05) is 5.32 Å². The third-order valence-corrected chi connectivity index (χ3v) is 6.54. The number of aliphatic carboxylic acids is 1. The number of carbonyl (C=O) groups excluding carboxylic acids is 2. The van der Waals surface area contributed by atoms with E-state index in [1.165, 1.54) is 16.9 Å². The van der Waals surface area contributed by atoms with Crippen LogP contribution in [0.2, 0.25) is 0 Å². The summed E-state index contributed by atoms with van der Waals surface area (Å²) in [5, 5.41) is 12.6. The Bertz CT molecular complexity index is 1000. The molecule has 0 spiro atoms.